The van der Waals surface area contributed by atoms with E-state index in [2.05, 4.69) is 27.0 Å². The lowest BCUT2D eigenvalue weighted by Gasteiger charge is -1.99. The monoisotopic (exact) mass is 222 g/mol. The lowest BCUT2D eigenvalue weighted by atomic mass is 10.4. The molecule has 0 aliphatic rings. The Morgan fingerprint density at radius 1 is 1.44 bits per heavy atom. The van der Waals surface area contributed by atoms with Crippen molar-refractivity contribution in [3.8, 4) is 5.75 Å². The van der Waals surface area contributed by atoms with Crippen LogP contribution in [0.4, 0.5) is 0 Å². The summed E-state index contributed by atoms with van der Waals surface area (Å²) in [4.78, 5) is 0. The Bertz CT molecular complexity index is 449. The second-order valence-corrected chi connectivity index (χ2v) is 3.52. The third-order valence-electron chi connectivity index (χ3n) is 2.18. The van der Waals surface area contributed by atoms with Gasteiger partial charge < -0.3 is 4.74 Å². The fraction of sp³-hybridized carbons (Fsp3) is 0.500. The summed E-state index contributed by atoms with van der Waals surface area (Å²) in [5.41, 5.74) is 1.46. The number of aryl methyl sites for hydroxylation is 2. The molecule has 0 N–H and O–H groups in total. The summed E-state index contributed by atoms with van der Waals surface area (Å²) in [5.74, 6) is 0.732. The van der Waals surface area contributed by atoms with Crippen LogP contribution in [0.15, 0.2) is 17.0 Å². The van der Waals surface area contributed by atoms with Crippen molar-refractivity contribution in [3.05, 3.63) is 23.8 Å². The highest BCUT2D eigenvalue weighted by atomic mass is 16.6. The third-order valence-corrected chi connectivity index (χ3v) is 2.18. The second-order valence-electron chi connectivity index (χ2n) is 3.52. The van der Waals surface area contributed by atoms with Crippen molar-refractivity contribution in [1.29, 1.82) is 0 Å². The molecule has 16 heavy (non-hydrogen) atoms. The molecule has 0 saturated heterocycles. The van der Waals surface area contributed by atoms with Crippen molar-refractivity contribution >= 4 is 0 Å². The van der Waals surface area contributed by atoms with Gasteiger partial charge in [-0.05, 0) is 13.3 Å². The first kappa shape index (κ1) is 10.7. The summed E-state index contributed by atoms with van der Waals surface area (Å²) in [7, 11) is 0. The van der Waals surface area contributed by atoms with Crippen molar-refractivity contribution in [3.63, 3.8) is 0 Å². The van der Waals surface area contributed by atoms with Gasteiger partial charge in [-0.3, -0.25) is 4.68 Å². The van der Waals surface area contributed by atoms with Gasteiger partial charge in [0.15, 0.2) is 5.75 Å². The predicted octanol–water partition coefficient (Wildman–Crippen LogP) is 1.56. The van der Waals surface area contributed by atoms with Crippen LogP contribution in [0.25, 0.3) is 0 Å². The normalized spacial score (nSPS) is 10.6. The molecular formula is C10H14N4O2. The molecule has 2 rings (SSSR count). The maximum atomic E-state index is 5.51. The van der Waals surface area contributed by atoms with Crippen molar-refractivity contribution in [2.45, 2.75) is 33.4 Å². The van der Waals surface area contributed by atoms with E-state index in [9.17, 15) is 0 Å². The molecule has 2 aromatic rings. The second kappa shape index (κ2) is 4.78. The molecule has 0 spiro atoms. The highest BCUT2D eigenvalue weighted by Crippen LogP contribution is 2.11. The average molecular weight is 222 g/mol. The maximum absolute atomic E-state index is 5.51. The van der Waals surface area contributed by atoms with E-state index in [1.165, 1.54) is 0 Å². The molecule has 0 amide bonds. The van der Waals surface area contributed by atoms with Crippen LogP contribution in [0, 0.1) is 6.92 Å². The molecule has 6 nitrogen and oxygen atoms in total. The van der Waals surface area contributed by atoms with Gasteiger partial charge in [-0.2, -0.15) is 5.10 Å². The Morgan fingerprint density at radius 2 is 2.31 bits per heavy atom. The van der Waals surface area contributed by atoms with Gasteiger partial charge >= 0.3 is 0 Å². The Morgan fingerprint density at radius 3 is 3.00 bits per heavy atom. The Labute approximate surface area is 93.2 Å². The summed E-state index contributed by atoms with van der Waals surface area (Å²) in [6.45, 7) is 5.18. The quantitative estimate of drug-likeness (QED) is 0.768. The molecule has 86 valence electrons. The molecule has 0 unspecified atom stereocenters. The van der Waals surface area contributed by atoms with E-state index in [0.29, 0.717) is 12.3 Å². The van der Waals surface area contributed by atoms with E-state index in [0.717, 1.165) is 24.4 Å². The zero-order chi connectivity index (χ0) is 11.4. The SMILES string of the molecule is CCCn1cc(OCc2nonc2C)cn1. The first-order chi connectivity index (χ1) is 7.79. The van der Waals surface area contributed by atoms with Crippen LogP contribution in [0.2, 0.25) is 0 Å². The summed E-state index contributed by atoms with van der Waals surface area (Å²) >= 11 is 0. The Kier molecular flexibility index (Phi) is 3.19. The maximum Gasteiger partial charge on any atom is 0.157 e. The molecule has 2 heterocycles. The van der Waals surface area contributed by atoms with Gasteiger partial charge in [-0.1, -0.05) is 17.2 Å². The number of nitrogens with zero attached hydrogens (tertiary/aromatic N) is 4. The van der Waals surface area contributed by atoms with E-state index in [1.54, 1.807) is 6.20 Å². The highest BCUT2D eigenvalue weighted by Gasteiger charge is 2.06. The fourth-order valence-electron chi connectivity index (χ4n) is 1.30. The number of hydrogen-bond acceptors (Lipinski definition) is 5. The number of hydrogen-bond donors (Lipinski definition) is 0. The van der Waals surface area contributed by atoms with Gasteiger partial charge in [-0.15, -0.1) is 0 Å². The molecule has 0 fully saturated rings. The first-order valence-electron chi connectivity index (χ1n) is 5.23. The van der Waals surface area contributed by atoms with Gasteiger partial charge in [0.25, 0.3) is 0 Å². The number of rotatable bonds is 5. The zero-order valence-electron chi connectivity index (χ0n) is 9.38. The molecule has 0 aliphatic carbocycles. The van der Waals surface area contributed by atoms with Crippen molar-refractivity contribution in [2.75, 3.05) is 0 Å². The molecule has 0 aromatic carbocycles. The standard InChI is InChI=1S/C10H14N4O2/c1-3-4-14-6-9(5-11-14)15-7-10-8(2)12-16-13-10/h5-6H,3-4,7H2,1-2H3. The van der Waals surface area contributed by atoms with Crippen molar-refractivity contribution < 1.29 is 9.37 Å². The van der Waals surface area contributed by atoms with Gasteiger partial charge in [0, 0.05) is 6.54 Å². The van der Waals surface area contributed by atoms with E-state index in [-0.39, 0.29) is 0 Å². The molecule has 0 bridgehead atoms. The summed E-state index contributed by atoms with van der Waals surface area (Å²) in [6, 6.07) is 0. The smallest absolute Gasteiger partial charge is 0.157 e. The predicted molar refractivity (Wildman–Crippen MR) is 55.9 cm³/mol. The van der Waals surface area contributed by atoms with E-state index < -0.39 is 0 Å². The van der Waals surface area contributed by atoms with Crippen LogP contribution < -0.4 is 4.74 Å². The molecular weight excluding hydrogens is 208 g/mol. The molecule has 0 radical (unpaired) electrons. The molecule has 6 heteroatoms. The lowest BCUT2D eigenvalue weighted by Crippen LogP contribution is -1.98. The highest BCUT2D eigenvalue weighted by molar-refractivity contribution is 5.13. The largest absolute Gasteiger partial charge is 0.484 e. The van der Waals surface area contributed by atoms with Crippen LogP contribution in [-0.2, 0) is 13.2 Å². The average Bonchev–Trinajstić information content (AvgIpc) is 2.86. The zero-order valence-corrected chi connectivity index (χ0v) is 9.38. The summed E-state index contributed by atoms with van der Waals surface area (Å²) in [5, 5.41) is 11.6. The first-order valence-corrected chi connectivity index (χ1v) is 5.23. The van der Waals surface area contributed by atoms with Crippen LogP contribution in [0.5, 0.6) is 5.75 Å². The van der Waals surface area contributed by atoms with Gasteiger partial charge in [0.2, 0.25) is 0 Å². The number of aromatic nitrogens is 4. The number of ether oxygens (including phenoxy) is 1. The Hall–Kier alpha value is -1.85. The fourth-order valence-corrected chi connectivity index (χ4v) is 1.30. The molecule has 0 atom stereocenters. The topological polar surface area (TPSA) is 66.0 Å². The van der Waals surface area contributed by atoms with Crippen LogP contribution >= 0.6 is 0 Å². The minimum Gasteiger partial charge on any atom is -0.484 e. The van der Waals surface area contributed by atoms with E-state index >= 15 is 0 Å². The third kappa shape index (κ3) is 2.39. The van der Waals surface area contributed by atoms with Crippen LogP contribution in [0.3, 0.4) is 0 Å². The molecule has 0 saturated carbocycles. The minimum absolute atomic E-state index is 0.354. The summed E-state index contributed by atoms with van der Waals surface area (Å²) in [6.07, 6.45) is 4.61. The summed E-state index contributed by atoms with van der Waals surface area (Å²) < 4.78 is 11.9. The van der Waals surface area contributed by atoms with E-state index in [1.807, 2.05) is 17.8 Å². The molecule has 2 aromatic heterocycles. The van der Waals surface area contributed by atoms with Gasteiger partial charge in [0.05, 0.1) is 12.4 Å². The van der Waals surface area contributed by atoms with Crippen LogP contribution in [-0.4, -0.2) is 20.1 Å². The lowest BCUT2D eigenvalue weighted by molar-refractivity contribution is 0.270. The molecule has 0 aliphatic heterocycles. The van der Waals surface area contributed by atoms with Gasteiger partial charge in [0.1, 0.15) is 18.0 Å². The van der Waals surface area contributed by atoms with Crippen LogP contribution in [0.1, 0.15) is 24.7 Å². The van der Waals surface area contributed by atoms with Crippen molar-refractivity contribution in [1.82, 2.24) is 20.1 Å². The minimum atomic E-state index is 0.354. The van der Waals surface area contributed by atoms with E-state index in [4.69, 9.17) is 4.74 Å². The van der Waals surface area contributed by atoms with Gasteiger partial charge in [-0.25, -0.2) is 4.63 Å². The van der Waals surface area contributed by atoms with Crippen molar-refractivity contribution in [2.24, 2.45) is 0 Å². The Balaban J connectivity index is 1.92.